The lowest BCUT2D eigenvalue weighted by Crippen LogP contribution is -2.54. The third kappa shape index (κ3) is 5.62. The van der Waals surface area contributed by atoms with E-state index in [1.807, 2.05) is 29.4 Å². The van der Waals surface area contributed by atoms with Gasteiger partial charge in [-0.1, -0.05) is 30.3 Å². The minimum Gasteiger partial charge on any atom is -0.459 e. The standard InChI is InChI=1S/C21H27N3O3S/c1-28-15-9-18(22-20(25)19-8-5-14-27-19)21(26)24-12-10-23(11-13-24)16-17-6-3-2-4-7-17/h2-8,14,18H,9-13,15-16H2,1H3,(H,22,25)/t18-/m0/s1. The number of carbonyl (C=O) groups excluding carboxylic acids is 2. The first-order valence-corrected chi connectivity index (χ1v) is 10.9. The maximum Gasteiger partial charge on any atom is 0.287 e. The Hall–Kier alpha value is -2.25. The number of thioether (sulfide) groups is 1. The summed E-state index contributed by atoms with van der Waals surface area (Å²) in [6, 6.07) is 13.1. The molecule has 0 aliphatic carbocycles. The maximum absolute atomic E-state index is 13.0. The summed E-state index contributed by atoms with van der Waals surface area (Å²) < 4.78 is 5.15. The van der Waals surface area contributed by atoms with Crippen LogP contribution in [0.15, 0.2) is 53.1 Å². The fourth-order valence-corrected chi connectivity index (χ4v) is 3.79. The summed E-state index contributed by atoms with van der Waals surface area (Å²) in [5.41, 5.74) is 1.28. The topological polar surface area (TPSA) is 65.8 Å². The van der Waals surface area contributed by atoms with Gasteiger partial charge < -0.3 is 14.6 Å². The molecule has 2 amide bonds. The number of nitrogens with zero attached hydrogens (tertiary/aromatic N) is 2. The van der Waals surface area contributed by atoms with Gasteiger partial charge in [-0.05, 0) is 36.1 Å². The normalized spacial score (nSPS) is 16.0. The fraction of sp³-hybridized carbons (Fsp3) is 0.429. The molecule has 2 aromatic rings. The summed E-state index contributed by atoms with van der Waals surface area (Å²) in [6.45, 7) is 3.92. The monoisotopic (exact) mass is 401 g/mol. The van der Waals surface area contributed by atoms with E-state index in [1.54, 1.807) is 23.9 Å². The molecule has 150 valence electrons. The highest BCUT2D eigenvalue weighted by Gasteiger charge is 2.29. The van der Waals surface area contributed by atoms with Gasteiger partial charge in [-0.25, -0.2) is 0 Å². The van der Waals surface area contributed by atoms with Crippen molar-refractivity contribution in [1.82, 2.24) is 15.1 Å². The number of hydrogen-bond acceptors (Lipinski definition) is 5. The van der Waals surface area contributed by atoms with Gasteiger partial charge in [-0.2, -0.15) is 11.8 Å². The molecule has 1 aliphatic rings. The van der Waals surface area contributed by atoms with E-state index in [0.717, 1.165) is 25.4 Å². The zero-order valence-electron chi connectivity index (χ0n) is 16.2. The minimum atomic E-state index is -0.522. The van der Waals surface area contributed by atoms with Crippen LogP contribution < -0.4 is 5.32 Å². The van der Waals surface area contributed by atoms with Crippen LogP contribution in [0.5, 0.6) is 0 Å². The van der Waals surface area contributed by atoms with E-state index >= 15 is 0 Å². The van der Waals surface area contributed by atoms with E-state index in [2.05, 4.69) is 22.3 Å². The molecule has 1 atom stereocenters. The number of hydrogen-bond donors (Lipinski definition) is 1. The lowest BCUT2D eigenvalue weighted by molar-refractivity contribution is -0.135. The van der Waals surface area contributed by atoms with Crippen LogP contribution in [0.25, 0.3) is 0 Å². The van der Waals surface area contributed by atoms with E-state index in [1.165, 1.54) is 11.8 Å². The molecule has 1 aromatic carbocycles. The number of rotatable bonds is 8. The summed E-state index contributed by atoms with van der Waals surface area (Å²) in [6.07, 6.45) is 4.06. The SMILES string of the molecule is CSCC[C@H](NC(=O)c1ccco1)C(=O)N1CCN(Cc2ccccc2)CC1. The lowest BCUT2D eigenvalue weighted by Gasteiger charge is -2.36. The molecular formula is C21H27N3O3S. The van der Waals surface area contributed by atoms with Gasteiger partial charge >= 0.3 is 0 Å². The first-order chi connectivity index (χ1) is 13.7. The molecule has 0 unspecified atom stereocenters. The van der Waals surface area contributed by atoms with Crippen molar-refractivity contribution in [3.8, 4) is 0 Å². The van der Waals surface area contributed by atoms with Crippen molar-refractivity contribution in [2.75, 3.05) is 38.2 Å². The van der Waals surface area contributed by atoms with Crippen molar-refractivity contribution in [1.29, 1.82) is 0 Å². The average molecular weight is 402 g/mol. The van der Waals surface area contributed by atoms with Gasteiger partial charge in [0, 0.05) is 32.7 Å². The highest BCUT2D eigenvalue weighted by atomic mass is 32.2. The van der Waals surface area contributed by atoms with Crippen LogP contribution in [0.4, 0.5) is 0 Å². The summed E-state index contributed by atoms with van der Waals surface area (Å²) >= 11 is 1.67. The summed E-state index contributed by atoms with van der Waals surface area (Å²) in [7, 11) is 0. The average Bonchev–Trinajstić information content (AvgIpc) is 3.27. The van der Waals surface area contributed by atoms with Crippen LogP contribution in [-0.2, 0) is 11.3 Å². The number of benzene rings is 1. The van der Waals surface area contributed by atoms with Gasteiger partial charge in [0.2, 0.25) is 5.91 Å². The van der Waals surface area contributed by atoms with Crippen LogP contribution >= 0.6 is 11.8 Å². The summed E-state index contributed by atoms with van der Waals surface area (Å²) in [5, 5.41) is 2.85. The van der Waals surface area contributed by atoms with Crippen LogP contribution in [0.3, 0.4) is 0 Å². The second-order valence-corrected chi connectivity index (χ2v) is 7.86. The Balaban J connectivity index is 1.54. The smallest absolute Gasteiger partial charge is 0.287 e. The van der Waals surface area contributed by atoms with E-state index in [4.69, 9.17) is 4.42 Å². The first kappa shape index (κ1) is 20.5. The Morgan fingerprint density at radius 1 is 1.11 bits per heavy atom. The molecule has 2 heterocycles. The molecule has 7 heteroatoms. The second-order valence-electron chi connectivity index (χ2n) is 6.87. The molecule has 28 heavy (non-hydrogen) atoms. The first-order valence-electron chi connectivity index (χ1n) is 9.55. The highest BCUT2D eigenvalue weighted by molar-refractivity contribution is 7.98. The molecular weight excluding hydrogens is 374 g/mol. The van der Waals surface area contributed by atoms with Crippen molar-refractivity contribution in [3.05, 3.63) is 60.1 Å². The molecule has 0 radical (unpaired) electrons. The maximum atomic E-state index is 13.0. The Labute approximate surface area is 170 Å². The van der Waals surface area contributed by atoms with Crippen molar-refractivity contribution in [2.45, 2.75) is 19.0 Å². The summed E-state index contributed by atoms with van der Waals surface area (Å²) in [4.78, 5) is 29.6. The van der Waals surface area contributed by atoms with Crippen molar-refractivity contribution in [2.24, 2.45) is 0 Å². The Kier molecular flexibility index (Phi) is 7.56. The molecule has 0 spiro atoms. The van der Waals surface area contributed by atoms with Crippen LogP contribution in [-0.4, -0.2) is 65.8 Å². The molecule has 6 nitrogen and oxygen atoms in total. The van der Waals surface area contributed by atoms with Gasteiger partial charge in [-0.15, -0.1) is 0 Å². The minimum absolute atomic E-state index is 0.00619. The summed E-state index contributed by atoms with van der Waals surface area (Å²) in [5.74, 6) is 0.693. The van der Waals surface area contributed by atoms with Crippen LogP contribution in [0.1, 0.15) is 22.5 Å². The Bertz CT molecular complexity index is 744. The van der Waals surface area contributed by atoms with E-state index < -0.39 is 6.04 Å². The quantitative estimate of drug-likeness (QED) is 0.736. The van der Waals surface area contributed by atoms with Crippen molar-refractivity contribution in [3.63, 3.8) is 0 Å². The van der Waals surface area contributed by atoms with E-state index in [0.29, 0.717) is 19.5 Å². The van der Waals surface area contributed by atoms with Crippen molar-refractivity contribution >= 4 is 23.6 Å². The molecule has 1 saturated heterocycles. The molecule has 0 bridgehead atoms. The third-order valence-corrected chi connectivity index (χ3v) is 5.54. The largest absolute Gasteiger partial charge is 0.459 e. The number of nitrogens with one attached hydrogen (secondary N) is 1. The van der Waals surface area contributed by atoms with Gasteiger partial charge in [-0.3, -0.25) is 14.5 Å². The predicted octanol–water partition coefficient (Wildman–Crippen LogP) is 2.48. The molecule has 1 N–H and O–H groups in total. The number of piperazine rings is 1. The van der Waals surface area contributed by atoms with Crippen LogP contribution in [0, 0.1) is 0 Å². The number of carbonyl (C=O) groups is 2. The van der Waals surface area contributed by atoms with Crippen molar-refractivity contribution < 1.29 is 14.0 Å². The third-order valence-electron chi connectivity index (χ3n) is 4.89. The number of furan rings is 1. The van der Waals surface area contributed by atoms with Gasteiger partial charge in [0.15, 0.2) is 5.76 Å². The Morgan fingerprint density at radius 3 is 2.50 bits per heavy atom. The van der Waals surface area contributed by atoms with E-state index in [9.17, 15) is 9.59 Å². The van der Waals surface area contributed by atoms with Gasteiger partial charge in [0.05, 0.1) is 6.26 Å². The molecule has 1 aromatic heterocycles. The molecule has 0 saturated carbocycles. The molecule has 1 aliphatic heterocycles. The Morgan fingerprint density at radius 2 is 1.86 bits per heavy atom. The lowest BCUT2D eigenvalue weighted by atomic mass is 10.1. The van der Waals surface area contributed by atoms with Gasteiger partial charge in [0.1, 0.15) is 6.04 Å². The van der Waals surface area contributed by atoms with E-state index in [-0.39, 0.29) is 17.6 Å². The van der Waals surface area contributed by atoms with Gasteiger partial charge in [0.25, 0.3) is 5.91 Å². The predicted molar refractivity (Wildman–Crippen MR) is 111 cm³/mol. The zero-order chi connectivity index (χ0) is 19.8. The molecule has 1 fully saturated rings. The van der Waals surface area contributed by atoms with Crippen LogP contribution in [0.2, 0.25) is 0 Å². The zero-order valence-corrected chi connectivity index (χ0v) is 17.0. The fourth-order valence-electron chi connectivity index (χ4n) is 3.32. The second kappa shape index (κ2) is 10.3. The molecule has 3 rings (SSSR count). The highest BCUT2D eigenvalue weighted by Crippen LogP contribution is 2.12. The number of amides is 2.